The smallest absolute Gasteiger partial charge is 0.0357 e. The van der Waals surface area contributed by atoms with Crippen molar-refractivity contribution in [2.75, 3.05) is 11.9 Å². The molecule has 76 valence electrons. The molecule has 1 aromatic rings. The molecule has 14 heavy (non-hydrogen) atoms. The summed E-state index contributed by atoms with van der Waals surface area (Å²) in [6.07, 6.45) is 1.03. The highest BCUT2D eigenvalue weighted by molar-refractivity contribution is 9.10. The Morgan fingerprint density at radius 2 is 2.21 bits per heavy atom. The van der Waals surface area contributed by atoms with Crippen LogP contribution in [0.4, 0.5) is 5.69 Å². The molecule has 0 aromatic heterocycles. The highest BCUT2D eigenvalue weighted by atomic mass is 79.9. The number of hydrogen-bond acceptors (Lipinski definition) is 1. The number of benzene rings is 1. The minimum atomic E-state index is 0.853. The Kier molecular flexibility index (Phi) is 4.21. The molecule has 1 rings (SSSR count). The zero-order valence-electron chi connectivity index (χ0n) is 8.73. The number of halogens is 1. The third-order valence-corrected chi connectivity index (χ3v) is 3.07. The Balaban J connectivity index is 2.60. The molecule has 0 amide bonds. The van der Waals surface area contributed by atoms with E-state index in [0.29, 0.717) is 0 Å². The van der Waals surface area contributed by atoms with Crippen molar-refractivity contribution in [1.29, 1.82) is 0 Å². The molecule has 0 spiro atoms. The van der Waals surface area contributed by atoms with Crippen LogP contribution in [0.15, 0.2) is 34.8 Å². The van der Waals surface area contributed by atoms with Gasteiger partial charge in [-0.1, -0.05) is 41.1 Å². The molecular formula is C12H16BrN. The summed E-state index contributed by atoms with van der Waals surface area (Å²) in [5.74, 6) is 0. The second kappa shape index (κ2) is 5.20. The van der Waals surface area contributed by atoms with Crippen molar-refractivity contribution in [3.63, 3.8) is 0 Å². The summed E-state index contributed by atoms with van der Waals surface area (Å²) in [6, 6.07) is 6.28. The van der Waals surface area contributed by atoms with E-state index in [-0.39, 0.29) is 0 Å². The largest absolute Gasteiger partial charge is 0.381 e. The lowest BCUT2D eigenvalue weighted by Gasteiger charge is -2.08. The number of nitrogens with one attached hydrogen (secondary N) is 1. The molecule has 0 saturated carbocycles. The standard InChI is InChI=1S/C12H16BrN/c1-4-9(2)8-14-11-6-5-10(3)12(13)7-11/h5-7,14H,2,4,8H2,1,3H3. The number of hydrogen-bond donors (Lipinski definition) is 1. The first kappa shape index (κ1) is 11.3. The van der Waals surface area contributed by atoms with E-state index >= 15 is 0 Å². The first-order chi connectivity index (χ1) is 6.63. The fourth-order valence-electron chi connectivity index (χ4n) is 1.05. The molecule has 0 fully saturated rings. The monoisotopic (exact) mass is 253 g/mol. The fraction of sp³-hybridized carbons (Fsp3) is 0.333. The van der Waals surface area contributed by atoms with E-state index in [1.807, 2.05) is 0 Å². The van der Waals surface area contributed by atoms with Gasteiger partial charge in [0.1, 0.15) is 0 Å². The van der Waals surface area contributed by atoms with Gasteiger partial charge in [0.2, 0.25) is 0 Å². The van der Waals surface area contributed by atoms with Gasteiger partial charge in [0.05, 0.1) is 0 Å². The van der Waals surface area contributed by atoms with Crippen LogP contribution in [0, 0.1) is 6.92 Å². The Bertz CT molecular complexity index is 331. The molecule has 1 nitrogen and oxygen atoms in total. The molecule has 0 radical (unpaired) electrons. The third-order valence-electron chi connectivity index (χ3n) is 2.21. The van der Waals surface area contributed by atoms with Crippen molar-refractivity contribution in [2.24, 2.45) is 0 Å². The van der Waals surface area contributed by atoms with E-state index in [2.05, 4.69) is 59.9 Å². The Hall–Kier alpha value is -0.760. The van der Waals surface area contributed by atoms with Gasteiger partial charge in [-0.2, -0.15) is 0 Å². The highest BCUT2D eigenvalue weighted by Crippen LogP contribution is 2.20. The second-order valence-electron chi connectivity index (χ2n) is 3.42. The van der Waals surface area contributed by atoms with Gasteiger partial charge in [0.25, 0.3) is 0 Å². The molecule has 1 N–H and O–H groups in total. The molecule has 2 heteroatoms. The maximum absolute atomic E-state index is 3.95. The summed E-state index contributed by atoms with van der Waals surface area (Å²) in [7, 11) is 0. The first-order valence-corrected chi connectivity index (χ1v) is 5.59. The predicted molar refractivity (Wildman–Crippen MR) is 66.8 cm³/mol. The molecule has 0 aliphatic rings. The van der Waals surface area contributed by atoms with Crippen LogP contribution >= 0.6 is 15.9 Å². The summed E-state index contributed by atoms with van der Waals surface area (Å²) < 4.78 is 1.14. The minimum absolute atomic E-state index is 0.853. The lowest BCUT2D eigenvalue weighted by molar-refractivity contribution is 1.05. The molecule has 0 unspecified atom stereocenters. The molecule has 0 atom stereocenters. The van der Waals surface area contributed by atoms with E-state index in [1.165, 1.54) is 11.1 Å². The van der Waals surface area contributed by atoms with Gasteiger partial charge < -0.3 is 5.32 Å². The van der Waals surface area contributed by atoms with Crippen LogP contribution < -0.4 is 5.32 Å². The summed E-state index contributed by atoms with van der Waals surface area (Å²) in [4.78, 5) is 0. The zero-order chi connectivity index (χ0) is 10.6. The fourth-order valence-corrected chi connectivity index (χ4v) is 1.43. The van der Waals surface area contributed by atoms with Crippen molar-refractivity contribution in [2.45, 2.75) is 20.3 Å². The van der Waals surface area contributed by atoms with Gasteiger partial charge in [-0.25, -0.2) is 0 Å². The number of aryl methyl sites for hydroxylation is 1. The van der Waals surface area contributed by atoms with Crippen molar-refractivity contribution in [3.05, 3.63) is 40.4 Å². The van der Waals surface area contributed by atoms with Gasteiger partial charge in [-0.3, -0.25) is 0 Å². The van der Waals surface area contributed by atoms with Crippen LogP contribution in [0.3, 0.4) is 0 Å². The van der Waals surface area contributed by atoms with E-state index < -0.39 is 0 Å². The Labute approximate surface area is 94.3 Å². The maximum Gasteiger partial charge on any atom is 0.0357 e. The SMILES string of the molecule is C=C(CC)CNc1ccc(C)c(Br)c1. The molecule has 1 aromatic carbocycles. The normalized spacial score (nSPS) is 9.93. The van der Waals surface area contributed by atoms with Crippen molar-refractivity contribution in [3.8, 4) is 0 Å². The number of rotatable bonds is 4. The van der Waals surface area contributed by atoms with Gasteiger partial charge in [-0.05, 0) is 31.0 Å². The third kappa shape index (κ3) is 3.18. The van der Waals surface area contributed by atoms with Gasteiger partial charge in [0, 0.05) is 16.7 Å². The zero-order valence-corrected chi connectivity index (χ0v) is 10.3. The minimum Gasteiger partial charge on any atom is -0.381 e. The summed E-state index contributed by atoms with van der Waals surface area (Å²) >= 11 is 3.51. The van der Waals surface area contributed by atoms with Gasteiger partial charge in [0.15, 0.2) is 0 Å². The molecule has 0 bridgehead atoms. The summed E-state index contributed by atoms with van der Waals surface area (Å²) in [5.41, 5.74) is 3.61. The van der Waals surface area contributed by atoms with E-state index in [1.54, 1.807) is 0 Å². The molecule has 0 aliphatic carbocycles. The van der Waals surface area contributed by atoms with Crippen molar-refractivity contribution < 1.29 is 0 Å². The van der Waals surface area contributed by atoms with E-state index in [4.69, 9.17) is 0 Å². The van der Waals surface area contributed by atoms with Gasteiger partial charge in [-0.15, -0.1) is 0 Å². The molecular weight excluding hydrogens is 238 g/mol. The average molecular weight is 254 g/mol. The van der Waals surface area contributed by atoms with E-state index in [0.717, 1.165) is 23.1 Å². The summed E-state index contributed by atoms with van der Waals surface area (Å²) in [5, 5.41) is 3.33. The highest BCUT2D eigenvalue weighted by Gasteiger charge is 1.97. The van der Waals surface area contributed by atoms with Crippen LogP contribution in [-0.2, 0) is 0 Å². The van der Waals surface area contributed by atoms with Crippen LogP contribution in [-0.4, -0.2) is 6.54 Å². The Morgan fingerprint density at radius 3 is 2.79 bits per heavy atom. The lowest BCUT2D eigenvalue weighted by Crippen LogP contribution is -2.03. The average Bonchev–Trinajstić information content (AvgIpc) is 2.19. The number of anilines is 1. The maximum atomic E-state index is 3.95. The lowest BCUT2D eigenvalue weighted by atomic mass is 10.2. The van der Waals surface area contributed by atoms with Crippen molar-refractivity contribution >= 4 is 21.6 Å². The predicted octanol–water partition coefficient (Wildman–Crippen LogP) is 4.14. The first-order valence-electron chi connectivity index (χ1n) is 4.80. The van der Waals surface area contributed by atoms with Crippen LogP contribution in [0.2, 0.25) is 0 Å². The summed E-state index contributed by atoms with van der Waals surface area (Å²) in [6.45, 7) is 9.01. The van der Waals surface area contributed by atoms with Crippen LogP contribution in [0.25, 0.3) is 0 Å². The molecule has 0 saturated heterocycles. The van der Waals surface area contributed by atoms with E-state index in [9.17, 15) is 0 Å². The quantitative estimate of drug-likeness (QED) is 0.796. The topological polar surface area (TPSA) is 12.0 Å². The van der Waals surface area contributed by atoms with Crippen LogP contribution in [0.1, 0.15) is 18.9 Å². The molecule has 0 heterocycles. The van der Waals surface area contributed by atoms with Crippen molar-refractivity contribution in [1.82, 2.24) is 0 Å². The van der Waals surface area contributed by atoms with Crippen LogP contribution in [0.5, 0.6) is 0 Å². The second-order valence-corrected chi connectivity index (χ2v) is 4.28. The Morgan fingerprint density at radius 1 is 1.50 bits per heavy atom. The van der Waals surface area contributed by atoms with Gasteiger partial charge >= 0.3 is 0 Å². The molecule has 0 aliphatic heterocycles.